The third kappa shape index (κ3) is 1.79. The second-order valence-corrected chi connectivity index (χ2v) is 2.76. The van der Waals surface area contributed by atoms with E-state index in [-0.39, 0.29) is 0 Å². The highest BCUT2D eigenvalue weighted by atomic mass is 16.6. The van der Waals surface area contributed by atoms with Gasteiger partial charge in [-0.2, -0.15) is 0 Å². The molecular weight excluding hydrogens is 184 g/mol. The van der Waals surface area contributed by atoms with E-state index < -0.39 is 36.7 Å². The molecule has 1 rings (SSSR count). The van der Waals surface area contributed by atoms with E-state index in [9.17, 15) is 4.79 Å². The van der Waals surface area contributed by atoms with Crippen molar-refractivity contribution < 1.29 is 35.1 Å². The summed E-state index contributed by atoms with van der Waals surface area (Å²) in [6.07, 6.45) is -8.72. The summed E-state index contributed by atoms with van der Waals surface area (Å²) in [5, 5.41) is 44.4. The number of rotatable bonds is 1. The van der Waals surface area contributed by atoms with Gasteiger partial charge in [-0.25, -0.2) is 4.79 Å². The SMILES string of the molecule is O=C(O)[C@@H]1OC(O)[C@H](O)[C@@H](O)[C@H]1O. The molecule has 0 saturated carbocycles. The van der Waals surface area contributed by atoms with E-state index in [1.165, 1.54) is 0 Å². The average Bonchev–Trinajstić information content (AvgIpc) is 2.07. The van der Waals surface area contributed by atoms with Gasteiger partial charge in [0.15, 0.2) is 12.4 Å². The minimum atomic E-state index is -1.81. The summed E-state index contributed by atoms with van der Waals surface area (Å²) < 4.78 is 4.34. The number of hydrogen-bond acceptors (Lipinski definition) is 6. The molecule has 1 fully saturated rings. The summed E-state index contributed by atoms with van der Waals surface area (Å²) in [4.78, 5) is 10.4. The molecule has 5 N–H and O–H groups in total. The van der Waals surface area contributed by atoms with E-state index in [0.717, 1.165) is 0 Å². The Morgan fingerprint density at radius 2 is 1.54 bits per heavy atom. The summed E-state index contributed by atoms with van der Waals surface area (Å²) in [7, 11) is 0. The van der Waals surface area contributed by atoms with Crippen molar-refractivity contribution in [2.24, 2.45) is 0 Å². The Morgan fingerprint density at radius 1 is 1.00 bits per heavy atom. The average molecular weight is 194 g/mol. The third-order valence-corrected chi connectivity index (χ3v) is 1.83. The van der Waals surface area contributed by atoms with Crippen LogP contribution in [0, 0.1) is 0 Å². The molecule has 0 aromatic carbocycles. The largest absolute Gasteiger partial charge is 0.479 e. The van der Waals surface area contributed by atoms with E-state index >= 15 is 0 Å². The predicted octanol–water partition coefficient (Wildman–Crippen LogP) is -3.13. The van der Waals surface area contributed by atoms with Crippen molar-refractivity contribution in [3.63, 3.8) is 0 Å². The number of aliphatic carboxylic acids is 1. The summed E-state index contributed by atoms with van der Waals surface area (Å²) >= 11 is 0. The van der Waals surface area contributed by atoms with Crippen molar-refractivity contribution in [1.29, 1.82) is 0 Å². The topological polar surface area (TPSA) is 127 Å². The van der Waals surface area contributed by atoms with Gasteiger partial charge in [0.05, 0.1) is 0 Å². The van der Waals surface area contributed by atoms with E-state index in [4.69, 9.17) is 25.5 Å². The van der Waals surface area contributed by atoms with Crippen LogP contribution in [0.2, 0.25) is 0 Å². The fraction of sp³-hybridized carbons (Fsp3) is 0.833. The van der Waals surface area contributed by atoms with Crippen molar-refractivity contribution in [2.45, 2.75) is 30.7 Å². The van der Waals surface area contributed by atoms with Gasteiger partial charge in [0.25, 0.3) is 0 Å². The predicted molar refractivity (Wildman–Crippen MR) is 36.5 cm³/mol. The molecule has 0 spiro atoms. The first-order chi connectivity index (χ1) is 5.95. The zero-order valence-corrected chi connectivity index (χ0v) is 6.44. The van der Waals surface area contributed by atoms with Crippen LogP contribution in [-0.2, 0) is 9.53 Å². The van der Waals surface area contributed by atoms with Gasteiger partial charge in [0, 0.05) is 0 Å². The molecular formula is C6H10O7. The Hall–Kier alpha value is -0.730. The molecule has 13 heavy (non-hydrogen) atoms. The van der Waals surface area contributed by atoms with E-state index in [2.05, 4.69) is 4.74 Å². The van der Waals surface area contributed by atoms with Crippen molar-refractivity contribution in [1.82, 2.24) is 0 Å². The van der Waals surface area contributed by atoms with Crippen LogP contribution in [0.1, 0.15) is 0 Å². The summed E-state index contributed by atoms with van der Waals surface area (Å²) in [5.74, 6) is -1.52. The van der Waals surface area contributed by atoms with Crippen molar-refractivity contribution >= 4 is 5.97 Å². The molecule has 1 saturated heterocycles. The zero-order chi connectivity index (χ0) is 10.2. The van der Waals surface area contributed by atoms with Crippen LogP contribution in [0.25, 0.3) is 0 Å². The molecule has 0 bridgehead atoms. The van der Waals surface area contributed by atoms with Gasteiger partial charge in [-0.3, -0.25) is 0 Å². The van der Waals surface area contributed by atoms with Gasteiger partial charge in [-0.1, -0.05) is 0 Å². The highest BCUT2D eigenvalue weighted by Crippen LogP contribution is 2.19. The fourth-order valence-corrected chi connectivity index (χ4v) is 1.07. The monoisotopic (exact) mass is 194 g/mol. The van der Waals surface area contributed by atoms with Gasteiger partial charge in [0.1, 0.15) is 18.3 Å². The normalized spacial score (nSPS) is 46.0. The van der Waals surface area contributed by atoms with E-state index in [1.807, 2.05) is 0 Å². The molecule has 7 heteroatoms. The van der Waals surface area contributed by atoms with Gasteiger partial charge < -0.3 is 30.3 Å². The minimum absolute atomic E-state index is 1.52. The maximum Gasteiger partial charge on any atom is 0.335 e. The lowest BCUT2D eigenvalue weighted by Crippen LogP contribution is -2.59. The van der Waals surface area contributed by atoms with Gasteiger partial charge >= 0.3 is 5.97 Å². The van der Waals surface area contributed by atoms with Gasteiger partial charge in [-0.15, -0.1) is 0 Å². The lowest BCUT2D eigenvalue weighted by atomic mass is 9.99. The van der Waals surface area contributed by atoms with E-state index in [1.54, 1.807) is 0 Å². The molecule has 1 aliphatic heterocycles. The van der Waals surface area contributed by atoms with Crippen LogP contribution in [0.4, 0.5) is 0 Å². The fourth-order valence-electron chi connectivity index (χ4n) is 1.07. The van der Waals surface area contributed by atoms with Crippen molar-refractivity contribution in [3.05, 3.63) is 0 Å². The van der Waals surface area contributed by atoms with Crippen LogP contribution in [0.5, 0.6) is 0 Å². The molecule has 0 amide bonds. The molecule has 1 aliphatic rings. The standard InChI is InChI=1S/C6H10O7/c7-1-2(8)4(5(10)11)13-6(12)3(1)9/h1-4,6-9,12H,(H,10,11)/t1-,2+,3+,4+,6?/m0/s1. The molecule has 1 unspecified atom stereocenters. The highest BCUT2D eigenvalue weighted by molar-refractivity contribution is 5.73. The molecule has 7 nitrogen and oxygen atoms in total. The van der Waals surface area contributed by atoms with E-state index in [0.29, 0.717) is 0 Å². The maximum absolute atomic E-state index is 10.4. The number of aliphatic hydroxyl groups is 4. The summed E-state index contributed by atoms with van der Waals surface area (Å²) in [6, 6.07) is 0. The van der Waals surface area contributed by atoms with Crippen molar-refractivity contribution in [3.8, 4) is 0 Å². The number of carboxylic acid groups (broad SMARTS) is 1. The Morgan fingerprint density at radius 3 is 2.00 bits per heavy atom. The quantitative estimate of drug-likeness (QED) is 0.298. The van der Waals surface area contributed by atoms with Crippen LogP contribution in [0.3, 0.4) is 0 Å². The van der Waals surface area contributed by atoms with Crippen LogP contribution < -0.4 is 0 Å². The molecule has 0 aromatic heterocycles. The molecule has 76 valence electrons. The van der Waals surface area contributed by atoms with Crippen LogP contribution in [-0.4, -0.2) is 62.2 Å². The van der Waals surface area contributed by atoms with Crippen LogP contribution in [0.15, 0.2) is 0 Å². The number of carboxylic acids is 1. The lowest BCUT2D eigenvalue weighted by molar-refractivity contribution is -0.279. The van der Waals surface area contributed by atoms with Crippen LogP contribution >= 0.6 is 0 Å². The highest BCUT2D eigenvalue weighted by Gasteiger charge is 2.46. The second kappa shape index (κ2) is 3.56. The summed E-state index contributed by atoms with van der Waals surface area (Å²) in [6.45, 7) is 0. The van der Waals surface area contributed by atoms with Gasteiger partial charge in [0.2, 0.25) is 0 Å². The number of aliphatic hydroxyl groups excluding tert-OH is 4. The lowest BCUT2D eigenvalue weighted by Gasteiger charge is -2.36. The Kier molecular flexibility index (Phi) is 2.84. The molecule has 0 radical (unpaired) electrons. The molecule has 5 atom stereocenters. The van der Waals surface area contributed by atoms with Gasteiger partial charge in [-0.05, 0) is 0 Å². The summed E-state index contributed by atoms with van der Waals surface area (Å²) in [5.41, 5.74) is 0. The Balaban J connectivity index is 2.76. The molecule has 0 aromatic rings. The second-order valence-electron chi connectivity index (χ2n) is 2.76. The number of carbonyl (C=O) groups is 1. The smallest absolute Gasteiger partial charge is 0.335 e. The Labute approximate surface area is 72.8 Å². The third-order valence-electron chi connectivity index (χ3n) is 1.83. The first-order valence-corrected chi connectivity index (χ1v) is 3.55. The first-order valence-electron chi connectivity index (χ1n) is 3.55. The van der Waals surface area contributed by atoms with Crippen molar-refractivity contribution in [2.75, 3.05) is 0 Å². The number of hydrogen-bond donors (Lipinski definition) is 5. The molecule has 1 heterocycles. The first kappa shape index (κ1) is 10.4. The number of ether oxygens (including phenoxy) is 1. The zero-order valence-electron chi connectivity index (χ0n) is 6.44. The Bertz CT molecular complexity index is 205. The maximum atomic E-state index is 10.4. The minimum Gasteiger partial charge on any atom is -0.479 e. The molecule has 0 aliphatic carbocycles.